The fourth-order valence-electron chi connectivity index (χ4n) is 1.07. The van der Waals surface area contributed by atoms with Gasteiger partial charge in [-0.25, -0.2) is 0 Å². The van der Waals surface area contributed by atoms with Gasteiger partial charge >= 0.3 is 5.97 Å². The molecule has 0 saturated carbocycles. The van der Waals surface area contributed by atoms with Crippen molar-refractivity contribution < 1.29 is 14.7 Å². The van der Waals surface area contributed by atoms with E-state index in [1.165, 1.54) is 19.1 Å². The third-order valence-electron chi connectivity index (χ3n) is 1.64. The Labute approximate surface area is 79.4 Å². The highest BCUT2D eigenvalue weighted by molar-refractivity contribution is 5.92. The summed E-state index contributed by atoms with van der Waals surface area (Å²) in [6.07, 6.45) is -0.260. The Morgan fingerprint density at radius 3 is 2.57 bits per heavy atom. The molecule has 0 amide bonds. The highest BCUT2D eigenvalue weighted by Gasteiger charge is 2.06. The fraction of sp³-hybridized carbons (Fsp3) is 0.222. The van der Waals surface area contributed by atoms with Crippen molar-refractivity contribution in [2.75, 3.05) is 0 Å². The standard InChI is InChI=1S/C9H9NO4/c1-5(11)7-2-6(4-9(13)14)3-8(12)10-7/h2-3H,4H2,1H3,(H,10,12)(H,13,14). The Morgan fingerprint density at radius 2 is 2.07 bits per heavy atom. The predicted molar refractivity (Wildman–Crippen MR) is 48.4 cm³/mol. The zero-order valence-electron chi connectivity index (χ0n) is 7.53. The molecule has 1 rings (SSSR count). The summed E-state index contributed by atoms with van der Waals surface area (Å²) in [6.45, 7) is 1.30. The lowest BCUT2D eigenvalue weighted by Gasteiger charge is -1.99. The van der Waals surface area contributed by atoms with Crippen LogP contribution in [-0.2, 0) is 11.2 Å². The number of hydrogen-bond acceptors (Lipinski definition) is 3. The molecule has 0 aromatic carbocycles. The minimum atomic E-state index is -1.04. The molecule has 0 saturated heterocycles. The number of nitrogens with one attached hydrogen (secondary N) is 1. The SMILES string of the molecule is CC(=O)c1cc(CC(=O)O)cc(=O)[nH]1. The van der Waals surface area contributed by atoms with Gasteiger partial charge < -0.3 is 10.1 Å². The second-order valence-electron chi connectivity index (χ2n) is 2.89. The van der Waals surface area contributed by atoms with Crippen molar-refractivity contribution in [3.05, 3.63) is 33.7 Å². The topological polar surface area (TPSA) is 87.2 Å². The summed E-state index contributed by atoms with van der Waals surface area (Å²) in [5, 5.41) is 8.49. The summed E-state index contributed by atoms with van der Waals surface area (Å²) < 4.78 is 0. The van der Waals surface area contributed by atoms with Gasteiger partial charge in [0.25, 0.3) is 0 Å². The van der Waals surface area contributed by atoms with Gasteiger partial charge in [-0.1, -0.05) is 0 Å². The van der Waals surface area contributed by atoms with Crippen LogP contribution in [0.3, 0.4) is 0 Å². The first kappa shape index (κ1) is 10.2. The van der Waals surface area contributed by atoms with E-state index in [2.05, 4.69) is 4.98 Å². The van der Waals surface area contributed by atoms with Crippen LogP contribution in [0, 0.1) is 0 Å². The Morgan fingerprint density at radius 1 is 1.43 bits per heavy atom. The van der Waals surface area contributed by atoms with Gasteiger partial charge in [-0.15, -0.1) is 0 Å². The summed E-state index contributed by atoms with van der Waals surface area (Å²) in [7, 11) is 0. The van der Waals surface area contributed by atoms with E-state index in [-0.39, 0.29) is 17.9 Å². The van der Waals surface area contributed by atoms with Gasteiger partial charge in [-0.2, -0.15) is 0 Å². The summed E-state index contributed by atoms with van der Waals surface area (Å²) in [6, 6.07) is 2.54. The monoisotopic (exact) mass is 195 g/mol. The summed E-state index contributed by atoms with van der Waals surface area (Å²) in [5.74, 6) is -1.33. The molecule has 0 fully saturated rings. The van der Waals surface area contributed by atoms with Crippen molar-refractivity contribution in [1.29, 1.82) is 0 Å². The molecule has 0 spiro atoms. The Kier molecular flexibility index (Phi) is 2.81. The maximum Gasteiger partial charge on any atom is 0.307 e. The number of H-pyrrole nitrogens is 1. The number of aromatic nitrogens is 1. The number of carbonyl (C=O) groups excluding carboxylic acids is 1. The molecule has 74 valence electrons. The Hall–Kier alpha value is -1.91. The molecule has 5 nitrogen and oxygen atoms in total. The van der Waals surface area contributed by atoms with Crippen LogP contribution in [0.5, 0.6) is 0 Å². The van der Waals surface area contributed by atoms with Gasteiger partial charge in [0.2, 0.25) is 5.56 Å². The van der Waals surface area contributed by atoms with Crippen LogP contribution in [-0.4, -0.2) is 21.8 Å². The van der Waals surface area contributed by atoms with Crippen LogP contribution < -0.4 is 5.56 Å². The van der Waals surface area contributed by atoms with Crippen LogP contribution in [0.4, 0.5) is 0 Å². The molecule has 0 radical (unpaired) electrons. The molecule has 0 bridgehead atoms. The highest BCUT2D eigenvalue weighted by atomic mass is 16.4. The van der Waals surface area contributed by atoms with Crippen LogP contribution in [0.15, 0.2) is 16.9 Å². The zero-order valence-corrected chi connectivity index (χ0v) is 7.53. The molecule has 14 heavy (non-hydrogen) atoms. The molecule has 0 aliphatic carbocycles. The number of rotatable bonds is 3. The van der Waals surface area contributed by atoms with Crippen molar-refractivity contribution in [3.8, 4) is 0 Å². The lowest BCUT2D eigenvalue weighted by Crippen LogP contribution is -2.13. The molecule has 5 heteroatoms. The number of pyridine rings is 1. The molecular formula is C9H9NO4. The van der Waals surface area contributed by atoms with E-state index in [1.807, 2.05) is 0 Å². The van der Waals surface area contributed by atoms with E-state index >= 15 is 0 Å². The first-order valence-electron chi connectivity index (χ1n) is 3.95. The zero-order chi connectivity index (χ0) is 10.7. The quantitative estimate of drug-likeness (QED) is 0.674. The Bertz CT molecular complexity index is 433. The van der Waals surface area contributed by atoms with Crippen molar-refractivity contribution in [3.63, 3.8) is 0 Å². The van der Waals surface area contributed by atoms with Crippen LogP contribution in [0.2, 0.25) is 0 Å². The highest BCUT2D eigenvalue weighted by Crippen LogP contribution is 2.00. The lowest BCUT2D eigenvalue weighted by atomic mass is 10.1. The predicted octanol–water partition coefficient (Wildman–Crippen LogP) is 0.205. The fourth-order valence-corrected chi connectivity index (χ4v) is 1.07. The van der Waals surface area contributed by atoms with Crippen molar-refractivity contribution >= 4 is 11.8 Å². The number of ketones is 1. The Balaban J connectivity index is 3.13. The molecule has 1 aromatic heterocycles. The number of Topliss-reactive ketones (excluding diaryl/α,β-unsaturated/α-hetero) is 1. The molecule has 1 heterocycles. The molecule has 0 aliphatic heterocycles. The maximum atomic E-state index is 11.0. The molecule has 1 aromatic rings. The minimum Gasteiger partial charge on any atom is -0.481 e. The molecule has 0 atom stereocenters. The number of hydrogen-bond donors (Lipinski definition) is 2. The van der Waals surface area contributed by atoms with Crippen LogP contribution in [0.1, 0.15) is 23.0 Å². The van der Waals surface area contributed by atoms with Crippen LogP contribution in [0.25, 0.3) is 0 Å². The molecule has 2 N–H and O–H groups in total. The van der Waals surface area contributed by atoms with Gasteiger partial charge in [0.1, 0.15) is 0 Å². The van der Waals surface area contributed by atoms with E-state index in [0.717, 1.165) is 0 Å². The average Bonchev–Trinajstić information content (AvgIpc) is 2.01. The number of carboxylic acids is 1. The van der Waals surface area contributed by atoms with E-state index in [0.29, 0.717) is 5.56 Å². The van der Waals surface area contributed by atoms with E-state index in [9.17, 15) is 14.4 Å². The summed E-state index contributed by atoms with van der Waals surface area (Å²) in [5.41, 5.74) is -0.00542. The molecule has 0 unspecified atom stereocenters. The lowest BCUT2D eigenvalue weighted by molar-refractivity contribution is -0.136. The average molecular weight is 195 g/mol. The van der Waals surface area contributed by atoms with Crippen molar-refractivity contribution in [2.45, 2.75) is 13.3 Å². The van der Waals surface area contributed by atoms with E-state index in [4.69, 9.17) is 5.11 Å². The van der Waals surface area contributed by atoms with Gasteiger partial charge in [-0.3, -0.25) is 14.4 Å². The van der Waals surface area contributed by atoms with Crippen molar-refractivity contribution in [1.82, 2.24) is 4.98 Å². The van der Waals surface area contributed by atoms with Gasteiger partial charge in [0.05, 0.1) is 12.1 Å². The first-order chi connectivity index (χ1) is 6.49. The third kappa shape index (κ3) is 2.55. The first-order valence-corrected chi connectivity index (χ1v) is 3.95. The maximum absolute atomic E-state index is 11.0. The van der Waals surface area contributed by atoms with E-state index in [1.54, 1.807) is 0 Å². The smallest absolute Gasteiger partial charge is 0.307 e. The number of aliphatic carboxylic acids is 1. The van der Waals surface area contributed by atoms with Crippen molar-refractivity contribution in [2.24, 2.45) is 0 Å². The van der Waals surface area contributed by atoms with E-state index < -0.39 is 11.5 Å². The minimum absolute atomic E-state index is 0.133. The van der Waals surface area contributed by atoms with Gasteiger partial charge in [0, 0.05) is 13.0 Å². The largest absolute Gasteiger partial charge is 0.481 e. The summed E-state index contributed by atoms with van der Waals surface area (Å²) in [4.78, 5) is 34.6. The van der Waals surface area contributed by atoms with Crippen LogP contribution >= 0.6 is 0 Å². The van der Waals surface area contributed by atoms with Gasteiger partial charge in [0.15, 0.2) is 5.78 Å². The number of carboxylic acid groups (broad SMARTS) is 1. The second kappa shape index (κ2) is 3.87. The number of carbonyl (C=O) groups is 2. The molecule has 0 aliphatic rings. The third-order valence-corrected chi connectivity index (χ3v) is 1.64. The normalized spacial score (nSPS) is 9.79. The summed E-state index contributed by atoms with van der Waals surface area (Å²) >= 11 is 0. The second-order valence-corrected chi connectivity index (χ2v) is 2.89. The van der Waals surface area contributed by atoms with Gasteiger partial charge in [-0.05, 0) is 11.6 Å². The molecular weight excluding hydrogens is 186 g/mol. The number of aromatic amines is 1.